The van der Waals surface area contributed by atoms with E-state index in [1.54, 1.807) is 11.8 Å². The Morgan fingerprint density at radius 2 is 2.07 bits per heavy atom. The highest BCUT2D eigenvalue weighted by atomic mass is 32.2. The molecule has 1 amide bonds. The molecule has 0 radical (unpaired) electrons. The van der Waals surface area contributed by atoms with Crippen LogP contribution in [0.3, 0.4) is 0 Å². The Bertz CT molecular complexity index is 174. The number of hydrogen-bond donors (Lipinski definition) is 2. The van der Waals surface area contributed by atoms with Crippen molar-refractivity contribution < 1.29 is 9.90 Å². The molecule has 0 aliphatic carbocycles. The Kier molecular flexibility index (Phi) is 8.91. The second-order valence-electron chi connectivity index (χ2n) is 4.14. The molecule has 3 nitrogen and oxygen atoms in total. The van der Waals surface area contributed by atoms with Gasteiger partial charge in [0, 0.05) is 13.2 Å². The zero-order valence-corrected chi connectivity index (χ0v) is 10.8. The summed E-state index contributed by atoms with van der Waals surface area (Å²) in [6.07, 6.45) is 1.91. The number of carbonyl (C=O) groups is 1. The highest BCUT2D eigenvalue weighted by Crippen LogP contribution is 2.08. The minimum Gasteiger partial charge on any atom is -0.396 e. The molecule has 0 spiro atoms. The average Bonchev–Trinajstić information content (AvgIpc) is 2.21. The fraction of sp³-hybridized carbons (Fsp3) is 0.909. The summed E-state index contributed by atoms with van der Waals surface area (Å²) in [6, 6.07) is 0. The van der Waals surface area contributed by atoms with Gasteiger partial charge < -0.3 is 10.4 Å². The van der Waals surface area contributed by atoms with Crippen LogP contribution in [0.5, 0.6) is 0 Å². The number of rotatable bonds is 8. The number of aliphatic hydroxyl groups is 1. The fourth-order valence-electron chi connectivity index (χ4n) is 1.06. The molecule has 0 bridgehead atoms. The Balaban J connectivity index is 3.31. The second kappa shape index (κ2) is 9.04. The van der Waals surface area contributed by atoms with Crippen LogP contribution in [0.2, 0.25) is 0 Å². The van der Waals surface area contributed by atoms with Crippen molar-refractivity contribution in [3.05, 3.63) is 0 Å². The van der Waals surface area contributed by atoms with Crippen LogP contribution in [0.4, 0.5) is 0 Å². The van der Waals surface area contributed by atoms with Gasteiger partial charge in [-0.1, -0.05) is 20.8 Å². The summed E-state index contributed by atoms with van der Waals surface area (Å²) in [5, 5.41) is 12.2. The van der Waals surface area contributed by atoms with Gasteiger partial charge in [0.15, 0.2) is 0 Å². The molecule has 0 aromatic carbocycles. The normalized spacial score (nSPS) is 12.9. The van der Waals surface area contributed by atoms with Gasteiger partial charge in [-0.3, -0.25) is 4.79 Å². The Hall–Kier alpha value is -0.220. The van der Waals surface area contributed by atoms with Crippen molar-refractivity contribution in [1.29, 1.82) is 0 Å². The van der Waals surface area contributed by atoms with Crippen LogP contribution in [0.15, 0.2) is 0 Å². The van der Waals surface area contributed by atoms with E-state index >= 15 is 0 Å². The van der Waals surface area contributed by atoms with Crippen molar-refractivity contribution in [2.24, 2.45) is 5.92 Å². The van der Waals surface area contributed by atoms with Crippen molar-refractivity contribution in [2.75, 3.05) is 18.9 Å². The molecule has 0 saturated carbocycles. The lowest BCUT2D eigenvalue weighted by Gasteiger charge is -2.09. The van der Waals surface area contributed by atoms with Gasteiger partial charge in [0.2, 0.25) is 5.91 Å². The first-order chi connectivity index (χ1) is 7.06. The minimum atomic E-state index is 0.116. The van der Waals surface area contributed by atoms with E-state index in [0.717, 1.165) is 19.4 Å². The van der Waals surface area contributed by atoms with E-state index in [2.05, 4.69) is 19.2 Å². The van der Waals surface area contributed by atoms with Crippen molar-refractivity contribution in [1.82, 2.24) is 5.32 Å². The van der Waals surface area contributed by atoms with Crippen LogP contribution in [0, 0.1) is 5.92 Å². The summed E-state index contributed by atoms with van der Waals surface area (Å²) < 4.78 is 0. The van der Waals surface area contributed by atoms with Crippen LogP contribution in [0.1, 0.15) is 33.6 Å². The van der Waals surface area contributed by atoms with Gasteiger partial charge in [-0.05, 0) is 24.0 Å². The molecule has 0 fully saturated rings. The van der Waals surface area contributed by atoms with E-state index in [4.69, 9.17) is 5.11 Å². The average molecular weight is 233 g/mol. The Morgan fingerprint density at radius 1 is 1.40 bits per heavy atom. The maximum atomic E-state index is 11.3. The van der Waals surface area contributed by atoms with Crippen molar-refractivity contribution in [2.45, 2.75) is 38.9 Å². The number of hydrogen-bond acceptors (Lipinski definition) is 3. The van der Waals surface area contributed by atoms with Gasteiger partial charge in [0.25, 0.3) is 0 Å². The maximum absolute atomic E-state index is 11.3. The number of aliphatic hydroxyl groups excluding tert-OH is 1. The third-order valence-corrected chi connectivity index (χ3v) is 3.15. The molecule has 1 atom stereocenters. The van der Waals surface area contributed by atoms with Gasteiger partial charge in [0.05, 0.1) is 5.75 Å². The summed E-state index contributed by atoms with van der Waals surface area (Å²) in [5.74, 6) is 1.00. The van der Waals surface area contributed by atoms with E-state index in [1.165, 1.54) is 0 Å². The molecule has 4 heteroatoms. The van der Waals surface area contributed by atoms with Crippen molar-refractivity contribution in [3.63, 3.8) is 0 Å². The molecular weight excluding hydrogens is 210 g/mol. The van der Waals surface area contributed by atoms with Gasteiger partial charge in [-0.15, -0.1) is 11.8 Å². The van der Waals surface area contributed by atoms with E-state index in [9.17, 15) is 4.79 Å². The third kappa shape index (κ3) is 10.1. The molecular formula is C11H23NO2S. The number of thioether (sulfide) groups is 1. The highest BCUT2D eigenvalue weighted by Gasteiger charge is 2.03. The van der Waals surface area contributed by atoms with Gasteiger partial charge in [-0.2, -0.15) is 0 Å². The summed E-state index contributed by atoms with van der Waals surface area (Å²) in [4.78, 5) is 11.3. The quantitative estimate of drug-likeness (QED) is 0.627. The molecule has 0 rings (SSSR count). The van der Waals surface area contributed by atoms with Crippen LogP contribution < -0.4 is 5.32 Å². The van der Waals surface area contributed by atoms with Crippen LogP contribution in [-0.2, 0) is 4.79 Å². The molecule has 90 valence electrons. The Labute approximate surface area is 97.0 Å². The van der Waals surface area contributed by atoms with Gasteiger partial charge in [0.1, 0.15) is 0 Å². The minimum absolute atomic E-state index is 0.116. The molecule has 0 aromatic rings. The molecule has 2 N–H and O–H groups in total. The first-order valence-electron chi connectivity index (χ1n) is 5.55. The third-order valence-electron chi connectivity index (χ3n) is 2.06. The predicted molar refractivity (Wildman–Crippen MR) is 66.1 cm³/mol. The Morgan fingerprint density at radius 3 is 2.60 bits per heavy atom. The first-order valence-corrected chi connectivity index (χ1v) is 6.60. The standard InChI is InChI=1S/C11H23NO2S/c1-9(2)15-8-11(14)12-6-4-5-10(3)7-13/h9-10,13H,4-8H2,1-3H3,(H,12,14). The smallest absolute Gasteiger partial charge is 0.230 e. The van der Waals surface area contributed by atoms with Crippen molar-refractivity contribution in [3.8, 4) is 0 Å². The SMILES string of the molecule is CC(CO)CCCNC(=O)CSC(C)C. The summed E-state index contributed by atoms with van der Waals surface area (Å²) in [7, 11) is 0. The molecule has 15 heavy (non-hydrogen) atoms. The summed E-state index contributed by atoms with van der Waals surface area (Å²) >= 11 is 1.66. The lowest BCUT2D eigenvalue weighted by molar-refractivity contribution is -0.118. The molecule has 0 aliphatic rings. The topological polar surface area (TPSA) is 49.3 Å². The molecule has 0 heterocycles. The van der Waals surface area contributed by atoms with E-state index < -0.39 is 0 Å². The van der Waals surface area contributed by atoms with Gasteiger partial charge in [-0.25, -0.2) is 0 Å². The van der Waals surface area contributed by atoms with Crippen LogP contribution >= 0.6 is 11.8 Å². The summed E-state index contributed by atoms with van der Waals surface area (Å²) in [6.45, 7) is 7.14. The molecule has 0 aromatic heterocycles. The molecule has 0 aliphatic heterocycles. The lowest BCUT2D eigenvalue weighted by Crippen LogP contribution is -2.27. The lowest BCUT2D eigenvalue weighted by atomic mass is 10.1. The van der Waals surface area contributed by atoms with Gasteiger partial charge >= 0.3 is 0 Å². The number of nitrogens with one attached hydrogen (secondary N) is 1. The zero-order chi connectivity index (χ0) is 11.7. The second-order valence-corrected chi connectivity index (χ2v) is 5.70. The highest BCUT2D eigenvalue weighted by molar-refractivity contribution is 8.00. The fourth-order valence-corrected chi connectivity index (χ4v) is 1.65. The van der Waals surface area contributed by atoms with E-state index in [0.29, 0.717) is 16.9 Å². The predicted octanol–water partition coefficient (Wildman–Crippen LogP) is 1.65. The van der Waals surface area contributed by atoms with Crippen molar-refractivity contribution >= 4 is 17.7 Å². The summed E-state index contributed by atoms with van der Waals surface area (Å²) in [5.41, 5.74) is 0. The van der Waals surface area contributed by atoms with E-state index in [-0.39, 0.29) is 12.5 Å². The monoisotopic (exact) mass is 233 g/mol. The van der Waals surface area contributed by atoms with E-state index in [1.807, 2.05) is 6.92 Å². The zero-order valence-electron chi connectivity index (χ0n) is 9.95. The first kappa shape index (κ1) is 14.8. The van der Waals surface area contributed by atoms with Crippen LogP contribution in [-0.4, -0.2) is 35.2 Å². The maximum Gasteiger partial charge on any atom is 0.230 e. The molecule has 0 saturated heterocycles. The largest absolute Gasteiger partial charge is 0.396 e. The number of carbonyl (C=O) groups excluding carboxylic acids is 1. The molecule has 1 unspecified atom stereocenters. The van der Waals surface area contributed by atoms with Crippen LogP contribution in [0.25, 0.3) is 0 Å². The number of amides is 1.